The van der Waals surface area contributed by atoms with Crippen LogP contribution in [-0.2, 0) is 13.4 Å². The fourth-order valence-electron chi connectivity index (χ4n) is 0.0248. The first-order chi connectivity index (χ1) is 2.81. The molecule has 0 saturated carbocycles. The third kappa shape index (κ3) is 2.39. The second-order valence-electron chi connectivity index (χ2n) is 0.434. The van der Waals surface area contributed by atoms with Crippen LogP contribution in [0.2, 0.25) is 0 Å². The van der Waals surface area contributed by atoms with Gasteiger partial charge in [-0.2, -0.15) is 0 Å². The van der Waals surface area contributed by atoms with Crippen molar-refractivity contribution in [2.45, 2.75) is 0 Å². The lowest BCUT2D eigenvalue weighted by Crippen LogP contribution is -1.71. The molecule has 3 nitrogen and oxygen atoms in total. The maximum Gasteiger partial charge on any atom is 0.661 e. The lowest BCUT2D eigenvalue weighted by Gasteiger charge is -1.67. The maximum absolute atomic E-state index is 9.63. The highest BCUT2D eigenvalue weighted by Gasteiger charge is 2.08. The molecule has 0 aromatic rings. The van der Waals surface area contributed by atoms with E-state index in [-0.39, 0.29) is 0 Å². The van der Waals surface area contributed by atoms with Gasteiger partial charge in [-0.05, 0) is 0 Å². The molecule has 0 atom stereocenters. The first-order valence-corrected chi connectivity index (χ1v) is 2.11. The van der Waals surface area contributed by atoms with Crippen LogP contribution in [0.25, 0.3) is 0 Å². The van der Waals surface area contributed by atoms with Gasteiger partial charge in [-0.25, -0.2) is 8.88 Å². The number of rotatable bonds is 2. The molecule has 0 bridgehead atoms. The zero-order chi connectivity index (χ0) is 4.99. The molecule has 0 N–H and O–H groups in total. The molecule has 6 heteroatoms. The van der Waals surface area contributed by atoms with Gasteiger partial charge in [0, 0.05) is 4.57 Å². The second-order valence-corrected chi connectivity index (χ2v) is 1.30. The molecule has 0 fully saturated rings. The van der Waals surface area contributed by atoms with Crippen molar-refractivity contribution < 1.29 is 13.4 Å². The van der Waals surface area contributed by atoms with Crippen molar-refractivity contribution in [3.05, 3.63) is 0 Å². The highest BCUT2D eigenvalue weighted by molar-refractivity contribution is 7.35. The van der Waals surface area contributed by atoms with Crippen LogP contribution in [0.5, 0.6) is 0 Å². The minimum Gasteiger partial charge on any atom is -0.207 e. The van der Waals surface area contributed by atoms with Crippen molar-refractivity contribution in [2.24, 2.45) is 0 Å². The highest BCUT2D eigenvalue weighted by atomic mass is 31.1. The van der Waals surface area contributed by atoms with Crippen LogP contribution in [-0.4, -0.2) is 16.1 Å². The third-order valence-corrected chi connectivity index (χ3v) is 0.516. The Bertz CT molecular complexity index is 46.8. The molecule has 0 unspecified atom stereocenters. The standard InChI is InChI=1S/B2O3P/c1-4-6(3)5-2/q+1. The normalized spacial score (nSPS) is 8.00. The van der Waals surface area contributed by atoms with Crippen molar-refractivity contribution in [1.29, 1.82) is 0 Å². The summed E-state index contributed by atoms with van der Waals surface area (Å²) in [5.41, 5.74) is 0. The van der Waals surface area contributed by atoms with E-state index in [9.17, 15) is 4.57 Å². The first kappa shape index (κ1) is 6.15. The summed E-state index contributed by atoms with van der Waals surface area (Å²) < 4.78 is 16.8. The Balaban J connectivity index is 2.99. The van der Waals surface area contributed by atoms with Crippen LogP contribution >= 0.6 is 8.25 Å². The molecule has 0 heterocycles. The molecule has 0 rings (SSSR count). The summed E-state index contributed by atoms with van der Waals surface area (Å²) >= 11 is 0. The average molecular weight is 101 g/mol. The third-order valence-electron chi connectivity index (χ3n) is 0.172. The van der Waals surface area contributed by atoms with E-state index in [0.29, 0.717) is 0 Å². The van der Waals surface area contributed by atoms with E-state index in [1.54, 1.807) is 0 Å². The Kier molecular flexibility index (Phi) is 3.43. The van der Waals surface area contributed by atoms with E-state index in [4.69, 9.17) is 0 Å². The van der Waals surface area contributed by atoms with Gasteiger partial charge in [0.05, 0.1) is 0 Å². The fourth-order valence-corrected chi connectivity index (χ4v) is 0.0745. The Morgan fingerprint density at radius 1 is 1.33 bits per heavy atom. The summed E-state index contributed by atoms with van der Waals surface area (Å²) in [4.78, 5) is 0. The predicted molar refractivity (Wildman–Crippen MR) is 21.3 cm³/mol. The fraction of sp³-hybridized carbons (Fsp3) is 0. The zero-order valence-corrected chi connectivity index (χ0v) is 3.72. The Labute approximate surface area is 38.9 Å². The molecule has 0 aliphatic rings. The van der Waals surface area contributed by atoms with Gasteiger partial charge < -0.3 is 0 Å². The van der Waals surface area contributed by atoms with Crippen LogP contribution in [0, 0.1) is 0 Å². The quantitative estimate of drug-likeness (QED) is 0.358. The molecule has 0 aliphatic carbocycles. The van der Waals surface area contributed by atoms with Crippen molar-refractivity contribution in [3.63, 3.8) is 0 Å². The van der Waals surface area contributed by atoms with E-state index in [0.717, 1.165) is 0 Å². The highest BCUT2D eigenvalue weighted by Crippen LogP contribution is 2.17. The number of hydrogen-bond acceptors (Lipinski definition) is 3. The summed E-state index contributed by atoms with van der Waals surface area (Å²) in [5.74, 6) is 0. The Morgan fingerprint density at radius 2 is 1.67 bits per heavy atom. The van der Waals surface area contributed by atoms with E-state index in [2.05, 4.69) is 25.0 Å². The van der Waals surface area contributed by atoms with E-state index in [1.165, 1.54) is 0 Å². The van der Waals surface area contributed by atoms with E-state index >= 15 is 0 Å². The van der Waals surface area contributed by atoms with Gasteiger partial charge in [-0.15, -0.1) is 0 Å². The molecular formula is B2O3P+. The molecule has 0 aromatic heterocycles. The van der Waals surface area contributed by atoms with Crippen molar-refractivity contribution >= 4 is 24.4 Å². The smallest absolute Gasteiger partial charge is 0.207 e. The molecule has 0 aromatic carbocycles. The van der Waals surface area contributed by atoms with E-state index in [1.807, 2.05) is 0 Å². The molecule has 0 saturated heterocycles. The van der Waals surface area contributed by atoms with Crippen LogP contribution < -0.4 is 0 Å². The maximum atomic E-state index is 9.63. The lowest BCUT2D eigenvalue weighted by molar-refractivity contribution is 0.445. The Hall–Kier alpha value is 0.150. The van der Waals surface area contributed by atoms with Gasteiger partial charge in [0.15, 0.2) is 0 Å². The summed E-state index contributed by atoms with van der Waals surface area (Å²) in [6.07, 6.45) is 0. The molecular weight excluding hydrogens is 101 g/mol. The van der Waals surface area contributed by atoms with Gasteiger partial charge in [0.2, 0.25) is 0 Å². The predicted octanol–water partition coefficient (Wildman–Crippen LogP) is -0.156. The van der Waals surface area contributed by atoms with Gasteiger partial charge in [0.1, 0.15) is 0 Å². The van der Waals surface area contributed by atoms with Crippen molar-refractivity contribution in [3.8, 4) is 0 Å². The first-order valence-electron chi connectivity index (χ1n) is 1.02. The molecule has 0 aliphatic heterocycles. The number of hydrogen-bond donors (Lipinski definition) is 0. The molecule has 0 spiro atoms. The van der Waals surface area contributed by atoms with Crippen LogP contribution in [0.1, 0.15) is 0 Å². The average Bonchev–Trinajstić information content (AvgIpc) is 1.65. The van der Waals surface area contributed by atoms with Gasteiger partial charge in [0.25, 0.3) is 0 Å². The second kappa shape index (κ2) is 3.34. The van der Waals surface area contributed by atoms with Crippen LogP contribution in [0.3, 0.4) is 0 Å². The SMILES string of the molecule is [B]O[P+](=O)O[B]. The summed E-state index contributed by atoms with van der Waals surface area (Å²) in [5, 5.41) is 0. The van der Waals surface area contributed by atoms with Gasteiger partial charge >= 0.3 is 24.4 Å². The van der Waals surface area contributed by atoms with Crippen LogP contribution in [0.15, 0.2) is 0 Å². The van der Waals surface area contributed by atoms with Crippen LogP contribution in [0.4, 0.5) is 0 Å². The molecule has 6 heavy (non-hydrogen) atoms. The minimum absolute atomic E-state index is 2.27. The minimum atomic E-state index is -2.27. The summed E-state index contributed by atoms with van der Waals surface area (Å²) in [6, 6.07) is 0. The molecule has 4 radical (unpaired) electrons. The molecule has 0 amide bonds. The van der Waals surface area contributed by atoms with Crippen molar-refractivity contribution in [1.82, 2.24) is 0 Å². The molecule has 28 valence electrons. The van der Waals surface area contributed by atoms with Gasteiger partial charge in [-0.3, -0.25) is 0 Å². The topological polar surface area (TPSA) is 35.5 Å². The summed E-state index contributed by atoms with van der Waals surface area (Å²) in [7, 11) is 6.32. The van der Waals surface area contributed by atoms with E-state index < -0.39 is 8.25 Å². The zero-order valence-electron chi connectivity index (χ0n) is 2.83. The lowest BCUT2D eigenvalue weighted by atomic mass is 10.6. The summed E-state index contributed by atoms with van der Waals surface area (Å²) in [6.45, 7) is 0. The van der Waals surface area contributed by atoms with Crippen molar-refractivity contribution in [2.75, 3.05) is 0 Å². The van der Waals surface area contributed by atoms with Gasteiger partial charge in [-0.1, -0.05) is 0 Å². The Morgan fingerprint density at radius 3 is 1.67 bits per heavy atom. The largest absolute Gasteiger partial charge is 0.661 e. The monoisotopic (exact) mass is 101 g/mol.